The Balaban J connectivity index is 2.05. The first-order chi connectivity index (χ1) is 12.4. The molecule has 2 aromatic carbocycles. The number of halogens is 1. The number of carbonyl (C=O) groups excluding carboxylic acids is 1. The van der Waals surface area contributed by atoms with Crippen LogP contribution in [0.5, 0.6) is 0 Å². The maximum atomic E-state index is 14.7. The third kappa shape index (κ3) is 3.38. The van der Waals surface area contributed by atoms with E-state index in [1.165, 1.54) is 36.4 Å². The van der Waals surface area contributed by atoms with Crippen LogP contribution in [-0.2, 0) is 9.84 Å². The molecule has 3 aromatic rings. The van der Waals surface area contributed by atoms with Crippen molar-refractivity contribution in [3.05, 3.63) is 82.5 Å². The molecule has 1 amide bonds. The molecule has 3 rings (SSSR count). The van der Waals surface area contributed by atoms with E-state index in [0.29, 0.717) is 0 Å². The highest BCUT2D eigenvalue weighted by molar-refractivity contribution is 7.91. The molecule has 0 bridgehead atoms. The van der Waals surface area contributed by atoms with Crippen molar-refractivity contribution in [3.63, 3.8) is 0 Å². The van der Waals surface area contributed by atoms with E-state index in [0.717, 1.165) is 0 Å². The maximum Gasteiger partial charge on any atom is 0.348 e. The number of sulfone groups is 1. The van der Waals surface area contributed by atoms with Crippen LogP contribution in [0.2, 0.25) is 0 Å². The fourth-order valence-electron chi connectivity index (χ4n) is 2.19. The van der Waals surface area contributed by atoms with Crippen LogP contribution in [-0.4, -0.2) is 24.3 Å². The number of H-pyrrole nitrogens is 1. The van der Waals surface area contributed by atoms with E-state index in [-0.39, 0.29) is 10.5 Å². The van der Waals surface area contributed by atoms with Crippen molar-refractivity contribution in [1.82, 2.24) is 9.97 Å². The Morgan fingerprint density at radius 2 is 1.58 bits per heavy atom. The summed E-state index contributed by atoms with van der Waals surface area (Å²) in [6.45, 7) is 0. The van der Waals surface area contributed by atoms with Gasteiger partial charge >= 0.3 is 5.69 Å². The predicted octanol–water partition coefficient (Wildman–Crippen LogP) is 1.99. The number of aromatic amines is 1. The summed E-state index contributed by atoms with van der Waals surface area (Å²) in [5.41, 5.74) is -0.911. The number of carbonyl (C=O) groups is 1. The highest BCUT2D eigenvalue weighted by Crippen LogP contribution is 2.23. The Morgan fingerprint density at radius 1 is 1.00 bits per heavy atom. The van der Waals surface area contributed by atoms with Gasteiger partial charge < -0.3 is 5.32 Å². The van der Waals surface area contributed by atoms with Gasteiger partial charge in [-0.15, -0.1) is 0 Å². The predicted molar refractivity (Wildman–Crippen MR) is 91.1 cm³/mol. The molecule has 0 atom stereocenters. The summed E-state index contributed by atoms with van der Waals surface area (Å²) >= 11 is 0. The molecule has 132 valence electrons. The van der Waals surface area contributed by atoms with Gasteiger partial charge in [0, 0.05) is 5.56 Å². The standard InChI is InChI=1S/C17H12FN3O4S/c18-13-14(19-15(22)11-7-3-1-4-8-11)20-17(23)21-16(13)26(24,25)12-9-5-2-6-10-12/h1-10H,(H2,19,20,21,22,23). The van der Waals surface area contributed by atoms with Crippen molar-refractivity contribution in [3.8, 4) is 0 Å². The smallest absolute Gasteiger partial charge is 0.304 e. The Hall–Kier alpha value is -3.33. The van der Waals surface area contributed by atoms with Gasteiger partial charge in [0.15, 0.2) is 10.8 Å². The third-order valence-electron chi connectivity index (χ3n) is 3.43. The molecular weight excluding hydrogens is 361 g/mol. The minimum Gasteiger partial charge on any atom is -0.304 e. The lowest BCUT2D eigenvalue weighted by Gasteiger charge is -2.09. The molecule has 0 saturated heterocycles. The van der Waals surface area contributed by atoms with Gasteiger partial charge in [-0.1, -0.05) is 36.4 Å². The fourth-order valence-corrected chi connectivity index (χ4v) is 3.50. The number of anilines is 1. The second kappa shape index (κ2) is 6.89. The number of benzene rings is 2. The van der Waals surface area contributed by atoms with Crippen molar-refractivity contribution in [1.29, 1.82) is 0 Å². The topological polar surface area (TPSA) is 109 Å². The Morgan fingerprint density at radius 3 is 2.19 bits per heavy atom. The molecule has 0 aliphatic carbocycles. The molecule has 2 N–H and O–H groups in total. The van der Waals surface area contributed by atoms with Gasteiger partial charge in [-0.3, -0.25) is 9.78 Å². The van der Waals surface area contributed by atoms with E-state index in [1.54, 1.807) is 24.3 Å². The molecule has 7 nitrogen and oxygen atoms in total. The van der Waals surface area contributed by atoms with Crippen molar-refractivity contribution >= 4 is 21.6 Å². The zero-order valence-electron chi connectivity index (χ0n) is 13.1. The second-order valence-electron chi connectivity index (χ2n) is 5.17. The van der Waals surface area contributed by atoms with Crippen LogP contribution < -0.4 is 11.0 Å². The molecule has 0 saturated carbocycles. The summed E-state index contributed by atoms with van der Waals surface area (Å²) in [5, 5.41) is 1.16. The zero-order chi connectivity index (χ0) is 18.7. The summed E-state index contributed by atoms with van der Waals surface area (Å²) < 4.78 is 39.8. The molecule has 0 fully saturated rings. The normalized spacial score (nSPS) is 11.1. The van der Waals surface area contributed by atoms with Crippen molar-refractivity contribution < 1.29 is 17.6 Å². The van der Waals surface area contributed by atoms with Crippen LogP contribution in [0, 0.1) is 5.82 Å². The van der Waals surface area contributed by atoms with E-state index in [1.807, 2.05) is 4.98 Å². The lowest BCUT2D eigenvalue weighted by molar-refractivity contribution is 0.102. The first kappa shape index (κ1) is 17.5. The van der Waals surface area contributed by atoms with Crippen LogP contribution in [0.4, 0.5) is 10.2 Å². The highest BCUT2D eigenvalue weighted by atomic mass is 32.2. The molecule has 0 aliphatic heterocycles. The summed E-state index contributed by atoms with van der Waals surface area (Å²) in [6, 6.07) is 14.9. The van der Waals surface area contributed by atoms with Gasteiger partial charge in [0.05, 0.1) is 4.90 Å². The Labute approximate surface area is 147 Å². The van der Waals surface area contributed by atoms with Gasteiger partial charge in [-0.25, -0.2) is 13.2 Å². The number of rotatable bonds is 4. The number of hydrogen-bond acceptors (Lipinski definition) is 5. The van der Waals surface area contributed by atoms with Gasteiger partial charge in [0.1, 0.15) is 0 Å². The molecule has 0 aliphatic rings. The molecule has 0 radical (unpaired) electrons. The summed E-state index contributed by atoms with van der Waals surface area (Å²) in [4.78, 5) is 28.8. The quantitative estimate of drug-likeness (QED) is 0.680. The zero-order valence-corrected chi connectivity index (χ0v) is 14.0. The molecule has 1 heterocycles. The minimum atomic E-state index is -4.34. The minimum absolute atomic E-state index is 0.196. The molecule has 26 heavy (non-hydrogen) atoms. The highest BCUT2D eigenvalue weighted by Gasteiger charge is 2.27. The van der Waals surface area contributed by atoms with Gasteiger partial charge in [-0.05, 0) is 24.3 Å². The Kier molecular flexibility index (Phi) is 4.63. The Bertz CT molecular complexity index is 1110. The van der Waals surface area contributed by atoms with Crippen LogP contribution >= 0.6 is 0 Å². The first-order valence-corrected chi connectivity index (χ1v) is 8.84. The van der Waals surface area contributed by atoms with Crippen molar-refractivity contribution in [2.45, 2.75) is 9.92 Å². The monoisotopic (exact) mass is 373 g/mol. The second-order valence-corrected chi connectivity index (χ2v) is 7.06. The molecule has 1 aromatic heterocycles. The fraction of sp³-hybridized carbons (Fsp3) is 0. The van der Waals surface area contributed by atoms with Crippen LogP contribution in [0.15, 0.2) is 75.4 Å². The van der Waals surface area contributed by atoms with E-state index in [2.05, 4.69) is 10.3 Å². The van der Waals surface area contributed by atoms with Crippen molar-refractivity contribution in [2.75, 3.05) is 5.32 Å². The summed E-state index contributed by atoms with van der Waals surface area (Å²) in [6.07, 6.45) is 0. The van der Waals surface area contributed by atoms with Gasteiger partial charge in [0.2, 0.25) is 15.7 Å². The third-order valence-corrected chi connectivity index (χ3v) is 5.14. The van der Waals surface area contributed by atoms with Gasteiger partial charge in [0.25, 0.3) is 5.91 Å². The number of amides is 1. The average Bonchev–Trinajstić information content (AvgIpc) is 2.65. The van der Waals surface area contributed by atoms with E-state index in [9.17, 15) is 22.4 Å². The van der Waals surface area contributed by atoms with Crippen molar-refractivity contribution in [2.24, 2.45) is 0 Å². The van der Waals surface area contributed by atoms with E-state index >= 15 is 0 Å². The van der Waals surface area contributed by atoms with Crippen LogP contribution in [0.3, 0.4) is 0 Å². The lowest BCUT2D eigenvalue weighted by atomic mass is 10.2. The van der Waals surface area contributed by atoms with Crippen LogP contribution in [0.25, 0.3) is 0 Å². The van der Waals surface area contributed by atoms with Gasteiger partial charge in [-0.2, -0.15) is 9.37 Å². The van der Waals surface area contributed by atoms with Crippen LogP contribution in [0.1, 0.15) is 10.4 Å². The van der Waals surface area contributed by atoms with E-state index < -0.39 is 38.1 Å². The number of nitrogens with one attached hydrogen (secondary N) is 2. The number of aromatic nitrogens is 2. The van der Waals surface area contributed by atoms with E-state index in [4.69, 9.17) is 0 Å². The molecule has 0 spiro atoms. The number of nitrogens with zero attached hydrogens (tertiary/aromatic N) is 1. The maximum absolute atomic E-state index is 14.7. The summed E-state index contributed by atoms with van der Waals surface area (Å²) in [7, 11) is -4.34. The lowest BCUT2D eigenvalue weighted by Crippen LogP contribution is -2.23. The molecule has 9 heteroatoms. The average molecular weight is 373 g/mol. The summed E-state index contributed by atoms with van der Waals surface area (Å²) in [5.74, 6) is -2.85. The largest absolute Gasteiger partial charge is 0.348 e. The molecule has 0 unspecified atom stereocenters. The molecular formula is C17H12FN3O4S. The first-order valence-electron chi connectivity index (χ1n) is 7.36. The SMILES string of the molecule is O=C(Nc1nc(=O)[nH]c(S(=O)(=O)c2ccccc2)c1F)c1ccccc1. The number of hydrogen-bond donors (Lipinski definition) is 2.